The molecule has 35 heavy (non-hydrogen) atoms. The standard InChI is InChI=1S/C26H27N7O2/c1-4-35-23-13-11-19(15-22(23)34)16-27-33-26-31-24(28-20-8-6-5-7-9-20)30-25(32-26)29-21-12-10-17(2)14-18(21)3/h5-16,34H,4H2,1-3H3,(H3,28,29,30,31,32,33)/b27-16+. The van der Waals surface area contributed by atoms with Crippen molar-refractivity contribution in [3.63, 3.8) is 0 Å². The second-order valence-electron chi connectivity index (χ2n) is 7.77. The van der Waals surface area contributed by atoms with E-state index in [0.717, 1.165) is 16.9 Å². The number of phenols is 1. The van der Waals surface area contributed by atoms with Crippen molar-refractivity contribution in [3.8, 4) is 11.5 Å². The van der Waals surface area contributed by atoms with E-state index < -0.39 is 0 Å². The molecule has 3 aromatic carbocycles. The minimum absolute atomic E-state index is 0.0465. The van der Waals surface area contributed by atoms with Crippen LogP contribution < -0.4 is 20.8 Å². The van der Waals surface area contributed by atoms with Gasteiger partial charge in [-0.2, -0.15) is 20.1 Å². The lowest BCUT2D eigenvalue weighted by molar-refractivity contribution is 0.318. The monoisotopic (exact) mass is 469 g/mol. The summed E-state index contributed by atoms with van der Waals surface area (Å²) >= 11 is 0. The number of nitrogens with zero attached hydrogens (tertiary/aromatic N) is 4. The molecule has 4 N–H and O–H groups in total. The van der Waals surface area contributed by atoms with Crippen LogP contribution in [0.15, 0.2) is 71.8 Å². The fraction of sp³-hybridized carbons (Fsp3) is 0.154. The Morgan fingerprint density at radius 3 is 2.34 bits per heavy atom. The Morgan fingerprint density at radius 1 is 0.886 bits per heavy atom. The number of anilines is 5. The van der Waals surface area contributed by atoms with Gasteiger partial charge in [0.25, 0.3) is 0 Å². The highest BCUT2D eigenvalue weighted by Gasteiger charge is 2.09. The zero-order valence-corrected chi connectivity index (χ0v) is 19.8. The summed E-state index contributed by atoms with van der Waals surface area (Å²) in [7, 11) is 0. The van der Waals surface area contributed by atoms with Crippen LogP contribution >= 0.6 is 0 Å². The third-order valence-electron chi connectivity index (χ3n) is 4.95. The molecule has 0 aliphatic heterocycles. The molecule has 0 bridgehead atoms. The molecule has 9 heteroatoms. The first-order valence-electron chi connectivity index (χ1n) is 11.2. The third-order valence-corrected chi connectivity index (χ3v) is 4.95. The zero-order valence-electron chi connectivity index (χ0n) is 19.8. The van der Waals surface area contributed by atoms with Gasteiger partial charge in [0.05, 0.1) is 12.8 Å². The molecule has 0 aliphatic carbocycles. The van der Waals surface area contributed by atoms with Crippen molar-refractivity contribution in [1.82, 2.24) is 15.0 Å². The maximum absolute atomic E-state index is 10.1. The van der Waals surface area contributed by atoms with E-state index in [9.17, 15) is 5.11 Å². The van der Waals surface area contributed by atoms with Crippen LogP contribution in [-0.4, -0.2) is 32.9 Å². The van der Waals surface area contributed by atoms with E-state index in [0.29, 0.717) is 29.8 Å². The van der Waals surface area contributed by atoms with Gasteiger partial charge in [-0.25, -0.2) is 5.43 Å². The van der Waals surface area contributed by atoms with Crippen LogP contribution in [0.4, 0.5) is 29.2 Å². The number of hydrogen-bond acceptors (Lipinski definition) is 9. The molecule has 0 spiro atoms. The Balaban J connectivity index is 1.57. The van der Waals surface area contributed by atoms with Gasteiger partial charge in [-0.15, -0.1) is 0 Å². The lowest BCUT2D eigenvalue weighted by Crippen LogP contribution is -2.07. The quantitative estimate of drug-likeness (QED) is 0.187. The lowest BCUT2D eigenvalue weighted by Gasteiger charge is -2.12. The van der Waals surface area contributed by atoms with Crippen LogP contribution in [0, 0.1) is 13.8 Å². The van der Waals surface area contributed by atoms with Crippen molar-refractivity contribution >= 4 is 35.4 Å². The number of benzene rings is 3. The molecule has 0 fully saturated rings. The molecule has 4 aromatic rings. The maximum Gasteiger partial charge on any atom is 0.250 e. The van der Waals surface area contributed by atoms with Gasteiger partial charge in [-0.1, -0.05) is 35.9 Å². The Morgan fingerprint density at radius 2 is 1.63 bits per heavy atom. The number of hydrogen-bond donors (Lipinski definition) is 4. The van der Waals surface area contributed by atoms with E-state index in [1.54, 1.807) is 24.4 Å². The van der Waals surface area contributed by atoms with Crippen LogP contribution in [0.5, 0.6) is 11.5 Å². The van der Waals surface area contributed by atoms with E-state index in [4.69, 9.17) is 4.74 Å². The van der Waals surface area contributed by atoms with Gasteiger partial charge >= 0.3 is 0 Å². The largest absolute Gasteiger partial charge is 0.504 e. The number of aryl methyl sites for hydroxylation is 2. The number of rotatable bonds is 9. The number of aromatic nitrogens is 3. The average molecular weight is 470 g/mol. The molecule has 1 heterocycles. The second-order valence-corrected chi connectivity index (χ2v) is 7.77. The van der Waals surface area contributed by atoms with Crippen LogP contribution in [0.1, 0.15) is 23.6 Å². The van der Waals surface area contributed by atoms with Crippen molar-refractivity contribution in [2.45, 2.75) is 20.8 Å². The van der Waals surface area contributed by atoms with E-state index in [2.05, 4.69) is 42.2 Å². The molecule has 0 radical (unpaired) electrons. The van der Waals surface area contributed by atoms with Gasteiger partial charge in [0.1, 0.15) is 0 Å². The predicted molar refractivity (Wildman–Crippen MR) is 139 cm³/mol. The van der Waals surface area contributed by atoms with Crippen molar-refractivity contribution in [2.75, 3.05) is 22.7 Å². The fourth-order valence-corrected chi connectivity index (χ4v) is 3.32. The van der Waals surface area contributed by atoms with Crippen LogP contribution in [0.2, 0.25) is 0 Å². The Bertz CT molecular complexity index is 1330. The zero-order chi connectivity index (χ0) is 24.6. The van der Waals surface area contributed by atoms with Gasteiger partial charge in [-0.05, 0) is 68.3 Å². The fourth-order valence-electron chi connectivity index (χ4n) is 3.32. The van der Waals surface area contributed by atoms with E-state index in [-0.39, 0.29) is 11.7 Å². The molecular weight excluding hydrogens is 442 g/mol. The Labute approximate surface area is 204 Å². The molecule has 0 atom stereocenters. The summed E-state index contributed by atoms with van der Waals surface area (Å²) in [5.74, 6) is 1.44. The number of aromatic hydroxyl groups is 1. The smallest absolute Gasteiger partial charge is 0.250 e. The van der Waals surface area contributed by atoms with Crippen molar-refractivity contribution in [2.24, 2.45) is 5.10 Å². The van der Waals surface area contributed by atoms with Crippen molar-refractivity contribution < 1.29 is 9.84 Å². The topological polar surface area (TPSA) is 117 Å². The maximum atomic E-state index is 10.1. The summed E-state index contributed by atoms with van der Waals surface area (Å²) in [6.45, 7) is 6.40. The van der Waals surface area contributed by atoms with E-state index >= 15 is 0 Å². The molecule has 0 amide bonds. The highest BCUT2D eigenvalue weighted by molar-refractivity contribution is 5.81. The van der Waals surface area contributed by atoms with Crippen molar-refractivity contribution in [1.29, 1.82) is 0 Å². The lowest BCUT2D eigenvalue weighted by atomic mass is 10.1. The van der Waals surface area contributed by atoms with Crippen LogP contribution in [0.25, 0.3) is 0 Å². The number of phenolic OH excluding ortho intramolecular Hbond substituents is 1. The SMILES string of the molecule is CCOc1ccc(/C=N/Nc2nc(Nc3ccccc3)nc(Nc3ccc(C)cc3C)n2)cc1O. The predicted octanol–water partition coefficient (Wildman–Crippen LogP) is 5.53. The molecule has 0 saturated carbocycles. The highest BCUT2D eigenvalue weighted by atomic mass is 16.5. The molecule has 0 unspecified atom stereocenters. The summed E-state index contributed by atoms with van der Waals surface area (Å²) in [5.41, 5.74) is 7.51. The summed E-state index contributed by atoms with van der Waals surface area (Å²) in [5, 5.41) is 20.7. The van der Waals surface area contributed by atoms with Crippen LogP contribution in [-0.2, 0) is 0 Å². The first-order valence-corrected chi connectivity index (χ1v) is 11.2. The van der Waals surface area contributed by atoms with Crippen LogP contribution in [0.3, 0.4) is 0 Å². The van der Waals surface area contributed by atoms with E-state index in [1.165, 1.54) is 5.56 Å². The number of ether oxygens (including phenoxy) is 1. The summed E-state index contributed by atoms with van der Waals surface area (Å²) < 4.78 is 5.35. The van der Waals surface area contributed by atoms with Gasteiger partial charge in [-0.3, -0.25) is 0 Å². The summed E-state index contributed by atoms with van der Waals surface area (Å²) in [4.78, 5) is 13.4. The summed E-state index contributed by atoms with van der Waals surface area (Å²) in [6.07, 6.45) is 1.56. The van der Waals surface area contributed by atoms with E-state index in [1.807, 2.05) is 63.2 Å². The number of hydrazone groups is 1. The Kier molecular flexibility index (Phi) is 7.37. The van der Waals surface area contributed by atoms with Gasteiger partial charge < -0.3 is 20.5 Å². The summed E-state index contributed by atoms with van der Waals surface area (Å²) in [6, 6.07) is 20.8. The second kappa shape index (κ2) is 11.0. The minimum atomic E-state index is 0.0465. The molecule has 0 saturated heterocycles. The first kappa shape index (κ1) is 23.5. The third kappa shape index (κ3) is 6.44. The molecule has 178 valence electrons. The number of para-hydroxylation sites is 1. The molecule has 9 nitrogen and oxygen atoms in total. The van der Waals surface area contributed by atoms with Gasteiger partial charge in [0.15, 0.2) is 11.5 Å². The molecule has 0 aliphatic rings. The first-order chi connectivity index (χ1) is 17.0. The van der Waals surface area contributed by atoms with Gasteiger partial charge in [0.2, 0.25) is 17.8 Å². The highest BCUT2D eigenvalue weighted by Crippen LogP contribution is 2.26. The normalized spacial score (nSPS) is 10.8. The average Bonchev–Trinajstić information content (AvgIpc) is 2.83. The Hall–Kier alpha value is -4.66. The molecule has 1 aromatic heterocycles. The molecule has 4 rings (SSSR count). The minimum Gasteiger partial charge on any atom is -0.504 e. The molecular formula is C26H27N7O2. The van der Waals surface area contributed by atoms with Crippen molar-refractivity contribution in [3.05, 3.63) is 83.4 Å². The van der Waals surface area contributed by atoms with Gasteiger partial charge in [0, 0.05) is 11.4 Å². The number of nitrogens with one attached hydrogen (secondary N) is 3.